The highest BCUT2D eigenvalue weighted by atomic mass is 35.5. The molecule has 0 saturated heterocycles. The molecule has 0 radical (unpaired) electrons. The van der Waals surface area contributed by atoms with Crippen molar-refractivity contribution in [1.82, 2.24) is 4.98 Å². The van der Waals surface area contributed by atoms with Crippen LogP contribution in [0.5, 0.6) is 0 Å². The first-order chi connectivity index (χ1) is 9.47. The number of hydrogen-bond acceptors (Lipinski definition) is 3. The number of rotatable bonds is 3. The lowest BCUT2D eigenvalue weighted by Crippen LogP contribution is -2.16. The third-order valence-electron chi connectivity index (χ3n) is 2.45. The predicted octanol–water partition coefficient (Wildman–Crippen LogP) is 2.23. The summed E-state index contributed by atoms with van der Waals surface area (Å²) >= 11 is 5.66. The monoisotopic (exact) mass is 293 g/mol. The number of hydrogen-bond donors (Lipinski definition) is 2. The second-order valence-electron chi connectivity index (χ2n) is 3.86. The van der Waals surface area contributed by atoms with Gasteiger partial charge in [-0.15, -0.1) is 0 Å². The molecule has 0 bridgehead atoms. The quantitative estimate of drug-likeness (QED) is 0.851. The number of nitrogens with two attached hydrogens (primary N) is 1. The molecule has 0 saturated carbocycles. The van der Waals surface area contributed by atoms with Crippen LogP contribution in [0.15, 0.2) is 36.4 Å². The Morgan fingerprint density at radius 2 is 2.00 bits per heavy atom. The van der Waals surface area contributed by atoms with E-state index in [1.165, 1.54) is 18.2 Å². The summed E-state index contributed by atoms with van der Waals surface area (Å²) in [6.45, 7) is 0. The van der Waals surface area contributed by atoms with Gasteiger partial charge < -0.3 is 11.1 Å². The van der Waals surface area contributed by atoms with E-state index in [9.17, 15) is 14.0 Å². The molecule has 0 aliphatic heterocycles. The van der Waals surface area contributed by atoms with Gasteiger partial charge in [0.1, 0.15) is 16.7 Å². The fourth-order valence-corrected chi connectivity index (χ4v) is 1.66. The van der Waals surface area contributed by atoms with E-state index >= 15 is 0 Å². The van der Waals surface area contributed by atoms with Crippen molar-refractivity contribution in [2.75, 3.05) is 5.32 Å². The number of pyridine rings is 1. The Balaban J connectivity index is 2.27. The van der Waals surface area contributed by atoms with Gasteiger partial charge in [-0.3, -0.25) is 9.59 Å². The van der Waals surface area contributed by atoms with Crippen molar-refractivity contribution < 1.29 is 14.0 Å². The van der Waals surface area contributed by atoms with E-state index in [-0.39, 0.29) is 22.1 Å². The molecule has 0 unspecified atom stereocenters. The van der Waals surface area contributed by atoms with Crippen LogP contribution in [0.4, 0.5) is 10.1 Å². The molecule has 0 aliphatic rings. The largest absolute Gasteiger partial charge is 0.366 e. The zero-order valence-corrected chi connectivity index (χ0v) is 10.8. The second-order valence-corrected chi connectivity index (χ2v) is 4.25. The summed E-state index contributed by atoms with van der Waals surface area (Å²) in [5, 5.41) is 2.45. The summed E-state index contributed by atoms with van der Waals surface area (Å²) < 4.78 is 13.6. The van der Waals surface area contributed by atoms with Crippen molar-refractivity contribution in [2.24, 2.45) is 5.73 Å². The van der Waals surface area contributed by atoms with Gasteiger partial charge in [0.2, 0.25) is 5.91 Å². The molecular weight excluding hydrogens is 285 g/mol. The van der Waals surface area contributed by atoms with Crippen LogP contribution in [0.3, 0.4) is 0 Å². The maximum Gasteiger partial charge on any atom is 0.274 e. The normalized spacial score (nSPS) is 10.1. The molecule has 2 amide bonds. The maximum absolute atomic E-state index is 13.6. The van der Waals surface area contributed by atoms with Gasteiger partial charge in [-0.05, 0) is 30.3 Å². The van der Waals surface area contributed by atoms with Crippen LogP contribution in [0.25, 0.3) is 0 Å². The summed E-state index contributed by atoms with van der Waals surface area (Å²) in [7, 11) is 0. The van der Waals surface area contributed by atoms with Crippen LogP contribution in [0, 0.1) is 5.82 Å². The van der Waals surface area contributed by atoms with E-state index in [1.807, 2.05) is 0 Å². The molecular formula is C13H9ClFN3O2. The highest BCUT2D eigenvalue weighted by molar-refractivity contribution is 6.29. The van der Waals surface area contributed by atoms with Crippen molar-refractivity contribution in [3.05, 3.63) is 58.6 Å². The van der Waals surface area contributed by atoms with E-state index in [0.717, 1.165) is 12.1 Å². The molecule has 1 heterocycles. The van der Waals surface area contributed by atoms with E-state index in [2.05, 4.69) is 10.3 Å². The second kappa shape index (κ2) is 5.66. The number of amides is 2. The lowest BCUT2D eigenvalue weighted by molar-refractivity contribution is 0.0995. The average Bonchev–Trinajstić information content (AvgIpc) is 2.41. The molecule has 1 aromatic heterocycles. The number of benzene rings is 1. The third-order valence-corrected chi connectivity index (χ3v) is 2.66. The summed E-state index contributed by atoms with van der Waals surface area (Å²) in [6.07, 6.45) is 0. The van der Waals surface area contributed by atoms with Crippen molar-refractivity contribution in [1.29, 1.82) is 0 Å². The zero-order chi connectivity index (χ0) is 14.7. The van der Waals surface area contributed by atoms with Crippen LogP contribution < -0.4 is 11.1 Å². The molecule has 3 N–H and O–H groups in total. The number of nitrogens with one attached hydrogen (secondary N) is 1. The SMILES string of the molecule is NC(=O)c1ccc(F)c(NC(=O)c2cccc(Cl)n2)c1. The average molecular weight is 294 g/mol. The van der Waals surface area contributed by atoms with Crippen LogP contribution in [-0.4, -0.2) is 16.8 Å². The van der Waals surface area contributed by atoms with E-state index in [4.69, 9.17) is 17.3 Å². The lowest BCUT2D eigenvalue weighted by atomic mass is 10.2. The Morgan fingerprint density at radius 1 is 1.25 bits per heavy atom. The van der Waals surface area contributed by atoms with Crippen LogP contribution >= 0.6 is 11.6 Å². The van der Waals surface area contributed by atoms with Crippen LogP contribution in [0.1, 0.15) is 20.8 Å². The fraction of sp³-hybridized carbons (Fsp3) is 0. The van der Waals surface area contributed by atoms with Crippen LogP contribution in [0.2, 0.25) is 5.15 Å². The van der Waals surface area contributed by atoms with E-state index in [1.54, 1.807) is 6.07 Å². The number of anilines is 1. The maximum atomic E-state index is 13.6. The summed E-state index contributed by atoms with van der Waals surface area (Å²) in [5.41, 5.74) is 5.04. The Morgan fingerprint density at radius 3 is 2.65 bits per heavy atom. The molecule has 1 aromatic carbocycles. The van der Waals surface area contributed by atoms with Gasteiger partial charge in [0.25, 0.3) is 5.91 Å². The molecule has 5 nitrogen and oxygen atoms in total. The van der Waals surface area contributed by atoms with Gasteiger partial charge in [-0.1, -0.05) is 17.7 Å². The third kappa shape index (κ3) is 3.10. The molecule has 0 aliphatic carbocycles. The first kappa shape index (κ1) is 14.0. The van der Waals surface area contributed by atoms with Crippen molar-refractivity contribution in [3.63, 3.8) is 0 Å². The fourth-order valence-electron chi connectivity index (χ4n) is 1.50. The number of aromatic nitrogens is 1. The van der Waals surface area contributed by atoms with E-state index < -0.39 is 17.6 Å². The van der Waals surface area contributed by atoms with Gasteiger partial charge in [0.05, 0.1) is 5.69 Å². The van der Waals surface area contributed by atoms with Gasteiger partial charge >= 0.3 is 0 Å². The molecule has 0 atom stereocenters. The molecule has 7 heteroatoms. The van der Waals surface area contributed by atoms with Gasteiger partial charge in [0.15, 0.2) is 0 Å². The Hall–Kier alpha value is -2.47. The first-order valence-corrected chi connectivity index (χ1v) is 5.88. The number of carbonyl (C=O) groups is 2. The summed E-state index contributed by atoms with van der Waals surface area (Å²) in [5.74, 6) is -2.06. The minimum absolute atomic E-state index is 0.0291. The van der Waals surface area contributed by atoms with E-state index in [0.29, 0.717) is 0 Å². The Labute approximate surface area is 118 Å². The summed E-state index contributed by atoms with van der Waals surface area (Å²) in [6, 6.07) is 7.90. The number of halogens is 2. The first-order valence-electron chi connectivity index (χ1n) is 5.50. The number of nitrogens with zero attached hydrogens (tertiary/aromatic N) is 1. The zero-order valence-electron chi connectivity index (χ0n) is 10.1. The van der Waals surface area contributed by atoms with Crippen LogP contribution in [-0.2, 0) is 0 Å². The van der Waals surface area contributed by atoms with Crippen molar-refractivity contribution in [3.8, 4) is 0 Å². The highest BCUT2D eigenvalue weighted by Crippen LogP contribution is 2.17. The number of carbonyl (C=O) groups excluding carboxylic acids is 2. The minimum Gasteiger partial charge on any atom is -0.366 e. The standard InChI is InChI=1S/C13H9ClFN3O2/c14-11-3-1-2-9(17-11)13(20)18-10-6-7(12(16)19)4-5-8(10)15/h1-6H,(H2,16,19)(H,18,20). The lowest BCUT2D eigenvalue weighted by Gasteiger charge is -2.07. The molecule has 2 aromatic rings. The van der Waals surface area contributed by atoms with Gasteiger partial charge in [-0.2, -0.15) is 0 Å². The molecule has 0 spiro atoms. The van der Waals surface area contributed by atoms with Crippen molar-refractivity contribution >= 4 is 29.1 Å². The Bertz CT molecular complexity index is 691. The molecule has 2 rings (SSSR count). The molecule has 102 valence electrons. The molecule has 20 heavy (non-hydrogen) atoms. The smallest absolute Gasteiger partial charge is 0.274 e. The van der Waals surface area contributed by atoms with Gasteiger partial charge in [-0.25, -0.2) is 9.37 Å². The Kier molecular flexibility index (Phi) is 3.95. The topological polar surface area (TPSA) is 85.1 Å². The molecule has 0 fully saturated rings. The van der Waals surface area contributed by atoms with Gasteiger partial charge in [0, 0.05) is 5.56 Å². The summed E-state index contributed by atoms with van der Waals surface area (Å²) in [4.78, 5) is 26.7. The highest BCUT2D eigenvalue weighted by Gasteiger charge is 2.12. The predicted molar refractivity (Wildman–Crippen MR) is 72.1 cm³/mol. The van der Waals surface area contributed by atoms with Crippen molar-refractivity contribution in [2.45, 2.75) is 0 Å². The number of primary amides is 1. The minimum atomic E-state index is -0.721.